The zero-order chi connectivity index (χ0) is 18.7. The maximum Gasteiger partial charge on any atom is 0.363 e. The van der Waals surface area contributed by atoms with E-state index in [1.807, 2.05) is 0 Å². The minimum absolute atomic E-state index is 0.144. The van der Waals surface area contributed by atoms with Gasteiger partial charge in [-0.2, -0.15) is 0 Å². The summed E-state index contributed by atoms with van der Waals surface area (Å²) in [4.78, 5) is 20.5. The number of methoxy groups -OCH3 is 3. The maximum absolute atomic E-state index is 12.2. The summed E-state index contributed by atoms with van der Waals surface area (Å²) in [6, 6.07) is 5.14. The summed E-state index contributed by atoms with van der Waals surface area (Å²) in [7, 11) is 4.59. The fraction of sp³-hybridized carbons (Fsp3) is 0.167. The molecule has 134 valence electrons. The van der Waals surface area contributed by atoms with E-state index >= 15 is 0 Å². The average molecular weight is 419 g/mol. The molecule has 26 heavy (non-hydrogen) atoms. The van der Waals surface area contributed by atoms with E-state index in [9.17, 15) is 4.79 Å². The molecule has 0 radical (unpaired) electrons. The summed E-state index contributed by atoms with van der Waals surface area (Å²) in [5.74, 6) is 1.17. The summed E-state index contributed by atoms with van der Waals surface area (Å²) in [6.45, 7) is 0. The first kappa shape index (κ1) is 17.9. The van der Waals surface area contributed by atoms with Crippen molar-refractivity contribution in [2.75, 3.05) is 21.3 Å². The van der Waals surface area contributed by atoms with Gasteiger partial charge in [0.25, 0.3) is 0 Å². The number of carbonyl (C=O) groups is 1. The highest BCUT2D eigenvalue weighted by atomic mass is 79.9. The van der Waals surface area contributed by atoms with Crippen molar-refractivity contribution in [2.24, 2.45) is 4.99 Å². The highest BCUT2D eigenvalue weighted by Gasteiger charge is 2.25. The predicted octanol–water partition coefficient (Wildman–Crippen LogP) is 3.21. The van der Waals surface area contributed by atoms with Crippen molar-refractivity contribution in [3.05, 3.63) is 51.9 Å². The van der Waals surface area contributed by atoms with E-state index in [1.54, 1.807) is 36.7 Å². The number of esters is 1. The number of cyclic esters (lactones) is 1. The molecule has 7 nitrogen and oxygen atoms in total. The van der Waals surface area contributed by atoms with Crippen molar-refractivity contribution in [3.63, 3.8) is 0 Å². The quantitative estimate of drug-likeness (QED) is 0.547. The van der Waals surface area contributed by atoms with E-state index in [4.69, 9.17) is 18.9 Å². The van der Waals surface area contributed by atoms with Crippen molar-refractivity contribution in [1.29, 1.82) is 0 Å². The molecule has 1 aliphatic rings. The number of nitrogens with zero attached hydrogens (tertiary/aromatic N) is 2. The van der Waals surface area contributed by atoms with E-state index < -0.39 is 5.97 Å². The van der Waals surface area contributed by atoms with Gasteiger partial charge in [0, 0.05) is 28.5 Å². The molecule has 3 rings (SSSR count). The van der Waals surface area contributed by atoms with Crippen molar-refractivity contribution in [1.82, 2.24) is 4.98 Å². The van der Waals surface area contributed by atoms with Crippen LogP contribution in [0.4, 0.5) is 0 Å². The maximum atomic E-state index is 12.2. The molecule has 0 N–H and O–H groups in total. The third-order valence-electron chi connectivity index (χ3n) is 3.60. The lowest BCUT2D eigenvalue weighted by molar-refractivity contribution is -0.129. The summed E-state index contributed by atoms with van der Waals surface area (Å²) in [5, 5.41) is 0. The number of pyridine rings is 1. The number of benzene rings is 1. The molecule has 0 spiro atoms. The number of hydrogen-bond donors (Lipinski definition) is 0. The zero-order valence-electron chi connectivity index (χ0n) is 14.3. The standard InChI is InChI=1S/C18H15BrN2O5/c1-23-14-7-16(25-3)15(24-2)6-10(14)5-13-18(22)26-17(21-13)11-4-12(19)9-20-8-11/h4-9H,1-3H3/b13-5-. The number of halogens is 1. The highest BCUT2D eigenvalue weighted by Crippen LogP contribution is 2.36. The number of aromatic nitrogens is 1. The average Bonchev–Trinajstić information content (AvgIpc) is 3.02. The van der Waals surface area contributed by atoms with Crippen LogP contribution in [-0.4, -0.2) is 38.2 Å². The van der Waals surface area contributed by atoms with E-state index in [2.05, 4.69) is 25.9 Å². The first-order valence-electron chi connectivity index (χ1n) is 7.49. The van der Waals surface area contributed by atoms with Crippen LogP contribution in [0.5, 0.6) is 17.2 Å². The van der Waals surface area contributed by atoms with Gasteiger partial charge in [0.05, 0.1) is 26.9 Å². The Kier molecular flexibility index (Phi) is 5.22. The van der Waals surface area contributed by atoms with Gasteiger partial charge in [-0.3, -0.25) is 4.98 Å². The van der Waals surface area contributed by atoms with Gasteiger partial charge in [-0.05, 0) is 34.1 Å². The van der Waals surface area contributed by atoms with Crippen LogP contribution in [0, 0.1) is 0 Å². The fourth-order valence-corrected chi connectivity index (χ4v) is 2.74. The van der Waals surface area contributed by atoms with Crippen LogP contribution in [0.2, 0.25) is 0 Å². The number of hydrogen-bond acceptors (Lipinski definition) is 7. The lowest BCUT2D eigenvalue weighted by atomic mass is 10.1. The Hall–Kier alpha value is -2.87. The highest BCUT2D eigenvalue weighted by molar-refractivity contribution is 9.10. The number of ether oxygens (including phenoxy) is 4. The third kappa shape index (κ3) is 3.55. The summed E-state index contributed by atoms with van der Waals surface area (Å²) in [6.07, 6.45) is 4.77. The molecule has 0 unspecified atom stereocenters. The molecular weight excluding hydrogens is 404 g/mol. The fourth-order valence-electron chi connectivity index (χ4n) is 2.37. The molecule has 8 heteroatoms. The van der Waals surface area contributed by atoms with Crippen LogP contribution in [0.15, 0.2) is 45.8 Å². The first-order valence-corrected chi connectivity index (χ1v) is 8.28. The van der Waals surface area contributed by atoms with Gasteiger partial charge in [0.1, 0.15) is 5.75 Å². The van der Waals surface area contributed by atoms with Gasteiger partial charge in [-0.25, -0.2) is 9.79 Å². The minimum atomic E-state index is -0.559. The molecule has 0 saturated heterocycles. The van der Waals surface area contributed by atoms with Crippen molar-refractivity contribution in [2.45, 2.75) is 0 Å². The molecule has 0 fully saturated rings. The smallest absolute Gasteiger partial charge is 0.363 e. The van der Waals surface area contributed by atoms with Crippen molar-refractivity contribution < 1.29 is 23.7 Å². The van der Waals surface area contributed by atoms with E-state index in [0.29, 0.717) is 28.4 Å². The molecule has 0 atom stereocenters. The summed E-state index contributed by atoms with van der Waals surface area (Å²) < 4.78 is 21.9. The van der Waals surface area contributed by atoms with Gasteiger partial charge in [-0.15, -0.1) is 0 Å². The number of aliphatic imine (C=N–C) groups is 1. The third-order valence-corrected chi connectivity index (χ3v) is 4.03. The molecule has 0 amide bonds. The molecule has 0 bridgehead atoms. The van der Waals surface area contributed by atoms with Crippen LogP contribution in [0.1, 0.15) is 11.1 Å². The summed E-state index contributed by atoms with van der Waals surface area (Å²) >= 11 is 3.33. The zero-order valence-corrected chi connectivity index (χ0v) is 15.9. The second kappa shape index (κ2) is 7.57. The number of rotatable bonds is 5. The molecule has 2 heterocycles. The van der Waals surface area contributed by atoms with Gasteiger partial charge in [-0.1, -0.05) is 0 Å². The Morgan fingerprint density at radius 2 is 1.69 bits per heavy atom. The Labute approximate surface area is 158 Å². The predicted molar refractivity (Wildman–Crippen MR) is 98.6 cm³/mol. The first-order chi connectivity index (χ1) is 12.5. The molecular formula is C18H15BrN2O5. The Morgan fingerprint density at radius 1 is 1.00 bits per heavy atom. The van der Waals surface area contributed by atoms with Gasteiger partial charge in [0.2, 0.25) is 5.90 Å². The lowest BCUT2D eigenvalue weighted by Gasteiger charge is -2.12. The minimum Gasteiger partial charge on any atom is -0.496 e. The normalized spacial score (nSPS) is 14.8. The Morgan fingerprint density at radius 3 is 2.35 bits per heavy atom. The van der Waals surface area contributed by atoms with Gasteiger partial charge >= 0.3 is 5.97 Å². The van der Waals surface area contributed by atoms with E-state index in [1.165, 1.54) is 21.3 Å². The largest absolute Gasteiger partial charge is 0.496 e. The van der Waals surface area contributed by atoms with Crippen molar-refractivity contribution in [3.8, 4) is 17.2 Å². The van der Waals surface area contributed by atoms with Gasteiger partial charge < -0.3 is 18.9 Å². The SMILES string of the molecule is COc1cc(OC)c(OC)cc1/C=C1\N=C(c2cncc(Br)c2)OC1=O. The molecule has 0 aliphatic carbocycles. The van der Waals surface area contributed by atoms with Crippen LogP contribution in [-0.2, 0) is 9.53 Å². The Balaban J connectivity index is 2.03. The monoisotopic (exact) mass is 418 g/mol. The van der Waals surface area contributed by atoms with E-state index in [0.717, 1.165) is 4.47 Å². The van der Waals surface area contributed by atoms with Crippen molar-refractivity contribution >= 4 is 33.9 Å². The summed E-state index contributed by atoms with van der Waals surface area (Å²) in [5.41, 5.74) is 1.34. The molecule has 2 aromatic rings. The van der Waals surface area contributed by atoms with Gasteiger partial charge in [0.15, 0.2) is 17.2 Å². The van der Waals surface area contributed by atoms with Crippen LogP contribution in [0.25, 0.3) is 6.08 Å². The molecule has 0 saturated carbocycles. The van der Waals surface area contributed by atoms with Crippen LogP contribution in [0.3, 0.4) is 0 Å². The van der Waals surface area contributed by atoms with Crippen LogP contribution < -0.4 is 14.2 Å². The molecule has 1 aromatic heterocycles. The second-order valence-electron chi connectivity index (χ2n) is 5.18. The Bertz CT molecular complexity index is 924. The topological polar surface area (TPSA) is 79.2 Å². The second-order valence-corrected chi connectivity index (χ2v) is 6.09. The molecule has 1 aliphatic heterocycles. The van der Waals surface area contributed by atoms with Crippen LogP contribution >= 0.6 is 15.9 Å². The van der Waals surface area contributed by atoms with E-state index in [-0.39, 0.29) is 11.6 Å². The number of carbonyl (C=O) groups excluding carboxylic acids is 1. The lowest BCUT2D eigenvalue weighted by Crippen LogP contribution is -2.05. The molecule has 1 aromatic carbocycles.